The third-order valence-corrected chi connectivity index (χ3v) is 1.95. The van der Waals surface area contributed by atoms with E-state index >= 15 is 0 Å². The molecule has 78 valence electrons. The molecule has 0 radical (unpaired) electrons. The van der Waals surface area contributed by atoms with Crippen LogP contribution in [-0.4, -0.2) is 17.1 Å². The van der Waals surface area contributed by atoms with Crippen molar-refractivity contribution in [1.82, 2.24) is 4.98 Å². The summed E-state index contributed by atoms with van der Waals surface area (Å²) in [6, 6.07) is 5.28. The fourth-order valence-electron chi connectivity index (χ4n) is 1.07. The summed E-state index contributed by atoms with van der Waals surface area (Å²) in [7, 11) is 0. The van der Waals surface area contributed by atoms with Crippen LogP contribution in [0.25, 0.3) is 0 Å². The SMILES string of the molecule is CC[C@H](CC#N)OC(=O)c1cccnc1. The molecule has 15 heavy (non-hydrogen) atoms. The van der Waals surface area contributed by atoms with Gasteiger partial charge >= 0.3 is 5.97 Å². The van der Waals surface area contributed by atoms with E-state index in [4.69, 9.17) is 10.00 Å². The molecular formula is C11H12N2O2. The molecular weight excluding hydrogens is 192 g/mol. The van der Waals surface area contributed by atoms with E-state index in [1.54, 1.807) is 18.3 Å². The predicted octanol–water partition coefficient (Wildman–Crippen LogP) is 1.93. The van der Waals surface area contributed by atoms with Crippen molar-refractivity contribution in [3.8, 4) is 6.07 Å². The van der Waals surface area contributed by atoms with Gasteiger partial charge in [-0.3, -0.25) is 4.98 Å². The zero-order valence-corrected chi connectivity index (χ0v) is 8.51. The molecule has 4 nitrogen and oxygen atoms in total. The van der Waals surface area contributed by atoms with Crippen molar-refractivity contribution in [3.05, 3.63) is 30.1 Å². The molecule has 1 aromatic heterocycles. The third kappa shape index (κ3) is 3.39. The maximum absolute atomic E-state index is 11.5. The van der Waals surface area contributed by atoms with Crippen LogP contribution in [0.15, 0.2) is 24.5 Å². The Labute approximate surface area is 88.5 Å². The molecule has 0 aliphatic carbocycles. The number of nitriles is 1. The van der Waals surface area contributed by atoms with E-state index in [2.05, 4.69) is 4.98 Å². The lowest BCUT2D eigenvalue weighted by atomic mass is 10.2. The standard InChI is InChI=1S/C11H12N2O2/c1-2-10(5-6-12)15-11(14)9-4-3-7-13-8-9/h3-4,7-8,10H,2,5H2,1H3/t10-/m1/s1. The molecule has 0 fully saturated rings. The maximum atomic E-state index is 11.5. The molecule has 0 aliphatic rings. The van der Waals surface area contributed by atoms with Gasteiger partial charge in [-0.1, -0.05) is 6.92 Å². The monoisotopic (exact) mass is 204 g/mol. The van der Waals surface area contributed by atoms with E-state index in [0.717, 1.165) is 0 Å². The number of hydrogen-bond donors (Lipinski definition) is 0. The molecule has 0 aromatic carbocycles. The van der Waals surface area contributed by atoms with Gasteiger partial charge in [-0.2, -0.15) is 5.26 Å². The summed E-state index contributed by atoms with van der Waals surface area (Å²) in [6.07, 6.45) is 3.56. The highest BCUT2D eigenvalue weighted by atomic mass is 16.5. The molecule has 1 aromatic rings. The zero-order valence-electron chi connectivity index (χ0n) is 8.51. The number of aromatic nitrogens is 1. The first kappa shape index (κ1) is 11.2. The van der Waals surface area contributed by atoms with Crippen molar-refractivity contribution in [1.29, 1.82) is 5.26 Å². The van der Waals surface area contributed by atoms with Crippen LogP contribution in [0.4, 0.5) is 0 Å². The summed E-state index contributed by atoms with van der Waals surface area (Å²) >= 11 is 0. The molecule has 0 bridgehead atoms. The molecule has 0 saturated carbocycles. The topological polar surface area (TPSA) is 63.0 Å². The Bertz CT molecular complexity index is 357. The zero-order chi connectivity index (χ0) is 11.1. The summed E-state index contributed by atoms with van der Waals surface area (Å²) in [4.78, 5) is 15.3. The molecule has 4 heteroatoms. The van der Waals surface area contributed by atoms with Crippen LogP contribution in [0.3, 0.4) is 0 Å². The fraction of sp³-hybridized carbons (Fsp3) is 0.364. The Morgan fingerprint density at radius 2 is 2.53 bits per heavy atom. The van der Waals surface area contributed by atoms with Gasteiger partial charge in [-0.05, 0) is 18.6 Å². The normalized spacial score (nSPS) is 11.5. The summed E-state index contributed by atoms with van der Waals surface area (Å²) in [5.74, 6) is -0.426. The number of ether oxygens (including phenoxy) is 1. The van der Waals surface area contributed by atoms with E-state index in [9.17, 15) is 4.79 Å². The summed E-state index contributed by atoms with van der Waals surface area (Å²) in [5, 5.41) is 8.50. The van der Waals surface area contributed by atoms with E-state index in [0.29, 0.717) is 12.0 Å². The molecule has 0 amide bonds. The Morgan fingerprint density at radius 1 is 1.73 bits per heavy atom. The average molecular weight is 204 g/mol. The first-order valence-corrected chi connectivity index (χ1v) is 4.76. The number of rotatable bonds is 4. The first-order valence-electron chi connectivity index (χ1n) is 4.76. The van der Waals surface area contributed by atoms with Crippen LogP contribution >= 0.6 is 0 Å². The van der Waals surface area contributed by atoms with E-state index in [1.165, 1.54) is 6.20 Å². The van der Waals surface area contributed by atoms with Crippen molar-refractivity contribution >= 4 is 5.97 Å². The van der Waals surface area contributed by atoms with Crippen LogP contribution < -0.4 is 0 Å². The molecule has 1 rings (SSSR count). The van der Waals surface area contributed by atoms with Crippen molar-refractivity contribution in [3.63, 3.8) is 0 Å². The highest BCUT2D eigenvalue weighted by molar-refractivity contribution is 5.89. The minimum atomic E-state index is -0.426. The molecule has 0 spiro atoms. The van der Waals surface area contributed by atoms with Crippen LogP contribution in [-0.2, 0) is 4.74 Å². The second-order valence-corrected chi connectivity index (χ2v) is 3.04. The van der Waals surface area contributed by atoms with E-state index in [1.807, 2.05) is 13.0 Å². The van der Waals surface area contributed by atoms with E-state index in [-0.39, 0.29) is 12.5 Å². The quantitative estimate of drug-likeness (QED) is 0.703. The Balaban J connectivity index is 2.59. The first-order chi connectivity index (χ1) is 7.27. The Kier molecular flexibility index (Phi) is 4.30. The number of nitrogens with zero attached hydrogens (tertiary/aromatic N) is 2. The van der Waals surface area contributed by atoms with Gasteiger partial charge in [0.25, 0.3) is 0 Å². The van der Waals surface area contributed by atoms with Gasteiger partial charge in [0.05, 0.1) is 18.1 Å². The van der Waals surface area contributed by atoms with Crippen molar-refractivity contribution in [2.24, 2.45) is 0 Å². The minimum Gasteiger partial charge on any atom is -0.458 e. The highest BCUT2D eigenvalue weighted by Gasteiger charge is 2.13. The third-order valence-electron chi connectivity index (χ3n) is 1.95. The Morgan fingerprint density at radius 3 is 3.07 bits per heavy atom. The van der Waals surface area contributed by atoms with Gasteiger partial charge < -0.3 is 4.74 Å². The predicted molar refractivity (Wildman–Crippen MR) is 54.0 cm³/mol. The van der Waals surface area contributed by atoms with Crippen molar-refractivity contribution < 1.29 is 9.53 Å². The lowest BCUT2D eigenvalue weighted by Crippen LogP contribution is -2.17. The number of pyridine rings is 1. The minimum absolute atomic E-state index is 0.225. The number of carbonyl (C=O) groups excluding carboxylic acids is 1. The van der Waals surface area contributed by atoms with Gasteiger partial charge in [0.15, 0.2) is 0 Å². The average Bonchev–Trinajstić information content (AvgIpc) is 2.29. The molecule has 1 heterocycles. The second-order valence-electron chi connectivity index (χ2n) is 3.04. The molecule has 0 N–H and O–H groups in total. The lowest BCUT2D eigenvalue weighted by molar-refractivity contribution is 0.0303. The summed E-state index contributed by atoms with van der Waals surface area (Å²) < 4.78 is 5.12. The van der Waals surface area contributed by atoms with Gasteiger partial charge in [-0.25, -0.2) is 4.79 Å². The van der Waals surface area contributed by atoms with Crippen molar-refractivity contribution in [2.45, 2.75) is 25.9 Å². The smallest absolute Gasteiger partial charge is 0.340 e. The number of esters is 1. The van der Waals surface area contributed by atoms with Gasteiger partial charge in [0, 0.05) is 12.4 Å². The summed E-state index contributed by atoms with van der Waals surface area (Å²) in [5.41, 5.74) is 0.411. The lowest BCUT2D eigenvalue weighted by Gasteiger charge is -2.12. The molecule has 0 unspecified atom stereocenters. The summed E-state index contributed by atoms with van der Waals surface area (Å²) in [6.45, 7) is 1.87. The highest BCUT2D eigenvalue weighted by Crippen LogP contribution is 2.07. The van der Waals surface area contributed by atoms with Gasteiger partial charge in [-0.15, -0.1) is 0 Å². The van der Waals surface area contributed by atoms with E-state index < -0.39 is 5.97 Å². The van der Waals surface area contributed by atoms with Gasteiger partial charge in [0.2, 0.25) is 0 Å². The van der Waals surface area contributed by atoms with Crippen LogP contribution in [0.2, 0.25) is 0 Å². The van der Waals surface area contributed by atoms with Crippen LogP contribution in [0.1, 0.15) is 30.1 Å². The maximum Gasteiger partial charge on any atom is 0.340 e. The fourth-order valence-corrected chi connectivity index (χ4v) is 1.07. The molecule has 0 saturated heterocycles. The molecule has 0 aliphatic heterocycles. The van der Waals surface area contributed by atoms with Crippen molar-refractivity contribution in [2.75, 3.05) is 0 Å². The number of hydrogen-bond acceptors (Lipinski definition) is 4. The van der Waals surface area contributed by atoms with Crippen LogP contribution in [0.5, 0.6) is 0 Å². The molecule has 1 atom stereocenters. The largest absolute Gasteiger partial charge is 0.458 e. The van der Waals surface area contributed by atoms with Crippen LogP contribution in [0, 0.1) is 11.3 Å². The second kappa shape index (κ2) is 5.76. The Hall–Kier alpha value is -1.89. The van der Waals surface area contributed by atoms with Gasteiger partial charge in [0.1, 0.15) is 6.10 Å². The number of carbonyl (C=O) groups is 1.